The molecule has 21 heavy (non-hydrogen) atoms. The van der Waals surface area contributed by atoms with Crippen LogP contribution in [0.1, 0.15) is 32.3 Å². The minimum absolute atomic E-state index is 0.0464. The number of nitrogens with zero attached hydrogens (tertiary/aromatic N) is 1. The van der Waals surface area contributed by atoms with Crippen LogP contribution in [0, 0.1) is 11.8 Å². The summed E-state index contributed by atoms with van der Waals surface area (Å²) in [5, 5.41) is 9.11. The standard InChI is InChI=1S/C15H21NO4S/c1-10(2)12-4-6-13(7-5-12)21(19,20)16-8-11(3)14(9-16)15(17)18/h4-7,10-11,14H,8-9H2,1-3H3,(H,17,18)/t11-,14-/m1/s1. The minimum Gasteiger partial charge on any atom is -0.481 e. The average molecular weight is 311 g/mol. The van der Waals surface area contributed by atoms with Crippen LogP contribution in [0.2, 0.25) is 0 Å². The Kier molecular flexibility index (Phi) is 4.39. The van der Waals surface area contributed by atoms with Crippen LogP contribution in [0.3, 0.4) is 0 Å². The molecule has 0 radical (unpaired) electrons. The molecule has 1 aromatic carbocycles. The Balaban J connectivity index is 2.25. The van der Waals surface area contributed by atoms with E-state index >= 15 is 0 Å². The Morgan fingerprint density at radius 3 is 2.24 bits per heavy atom. The number of carboxylic acids is 1. The van der Waals surface area contributed by atoms with Crippen LogP contribution in [0.5, 0.6) is 0 Å². The Morgan fingerprint density at radius 1 is 1.24 bits per heavy atom. The Bertz CT molecular complexity index is 622. The first-order chi connectivity index (χ1) is 9.73. The number of sulfonamides is 1. The van der Waals surface area contributed by atoms with Gasteiger partial charge in [0.05, 0.1) is 10.8 Å². The van der Waals surface area contributed by atoms with Crippen LogP contribution in [-0.4, -0.2) is 36.9 Å². The van der Waals surface area contributed by atoms with Crippen molar-refractivity contribution in [1.29, 1.82) is 0 Å². The van der Waals surface area contributed by atoms with E-state index in [0.29, 0.717) is 5.92 Å². The summed E-state index contributed by atoms with van der Waals surface area (Å²) in [4.78, 5) is 11.3. The fraction of sp³-hybridized carbons (Fsp3) is 0.533. The van der Waals surface area contributed by atoms with Gasteiger partial charge in [-0.2, -0.15) is 4.31 Å². The monoisotopic (exact) mass is 311 g/mol. The lowest BCUT2D eigenvalue weighted by atomic mass is 9.99. The largest absolute Gasteiger partial charge is 0.481 e. The van der Waals surface area contributed by atoms with E-state index < -0.39 is 21.9 Å². The second-order valence-corrected chi connectivity index (χ2v) is 7.91. The van der Waals surface area contributed by atoms with Gasteiger partial charge in [-0.3, -0.25) is 4.79 Å². The number of hydrogen-bond acceptors (Lipinski definition) is 3. The highest BCUT2D eigenvalue weighted by Crippen LogP contribution is 2.29. The van der Waals surface area contributed by atoms with Crippen LogP contribution in [0.15, 0.2) is 29.2 Å². The lowest BCUT2D eigenvalue weighted by Gasteiger charge is -2.16. The quantitative estimate of drug-likeness (QED) is 0.924. The Morgan fingerprint density at radius 2 is 1.81 bits per heavy atom. The van der Waals surface area contributed by atoms with Crippen molar-refractivity contribution < 1.29 is 18.3 Å². The predicted molar refractivity (Wildman–Crippen MR) is 79.6 cm³/mol. The second kappa shape index (κ2) is 5.77. The number of aliphatic carboxylic acids is 1. The van der Waals surface area contributed by atoms with Crippen LogP contribution < -0.4 is 0 Å². The number of hydrogen-bond donors (Lipinski definition) is 1. The van der Waals surface area contributed by atoms with Gasteiger partial charge in [-0.05, 0) is 29.5 Å². The van der Waals surface area contributed by atoms with Crippen molar-refractivity contribution in [2.75, 3.05) is 13.1 Å². The lowest BCUT2D eigenvalue weighted by molar-refractivity contribution is -0.142. The molecule has 1 aliphatic heterocycles. The highest BCUT2D eigenvalue weighted by Gasteiger charge is 2.40. The molecule has 0 unspecified atom stereocenters. The molecule has 1 saturated heterocycles. The van der Waals surface area contributed by atoms with Crippen molar-refractivity contribution in [3.63, 3.8) is 0 Å². The van der Waals surface area contributed by atoms with Gasteiger partial charge in [0.2, 0.25) is 10.0 Å². The van der Waals surface area contributed by atoms with Crippen molar-refractivity contribution in [1.82, 2.24) is 4.31 Å². The van der Waals surface area contributed by atoms with Gasteiger partial charge in [0.1, 0.15) is 0 Å². The van der Waals surface area contributed by atoms with E-state index in [1.807, 2.05) is 26.0 Å². The minimum atomic E-state index is -3.61. The molecule has 1 aliphatic rings. The number of carbonyl (C=O) groups is 1. The highest BCUT2D eigenvalue weighted by atomic mass is 32.2. The van der Waals surface area contributed by atoms with Gasteiger partial charge in [-0.15, -0.1) is 0 Å². The molecular weight excluding hydrogens is 290 g/mol. The number of rotatable bonds is 4. The Labute approximate surface area is 125 Å². The van der Waals surface area contributed by atoms with E-state index in [0.717, 1.165) is 5.56 Å². The predicted octanol–water partition coefficient (Wildman–Crippen LogP) is 2.15. The van der Waals surface area contributed by atoms with E-state index in [1.54, 1.807) is 19.1 Å². The van der Waals surface area contributed by atoms with Gasteiger partial charge >= 0.3 is 5.97 Å². The molecule has 1 fully saturated rings. The van der Waals surface area contributed by atoms with E-state index in [1.165, 1.54) is 4.31 Å². The molecule has 5 nitrogen and oxygen atoms in total. The Hall–Kier alpha value is -1.40. The van der Waals surface area contributed by atoms with Crippen molar-refractivity contribution in [3.8, 4) is 0 Å². The van der Waals surface area contributed by atoms with E-state index in [-0.39, 0.29) is 23.9 Å². The SMILES string of the molecule is CC(C)c1ccc(S(=O)(=O)N2C[C@@H](C)[C@H](C(=O)O)C2)cc1. The fourth-order valence-electron chi connectivity index (χ4n) is 2.61. The van der Waals surface area contributed by atoms with Crippen molar-refractivity contribution >= 4 is 16.0 Å². The van der Waals surface area contributed by atoms with Gasteiger partial charge in [0, 0.05) is 13.1 Å². The molecular formula is C15H21NO4S. The number of benzene rings is 1. The zero-order chi connectivity index (χ0) is 15.8. The molecule has 2 rings (SSSR count). The smallest absolute Gasteiger partial charge is 0.308 e. The van der Waals surface area contributed by atoms with Crippen LogP contribution in [0.25, 0.3) is 0 Å². The summed E-state index contributed by atoms with van der Waals surface area (Å²) in [7, 11) is -3.61. The van der Waals surface area contributed by atoms with Crippen LogP contribution in [0.4, 0.5) is 0 Å². The maximum atomic E-state index is 12.6. The summed E-state index contributed by atoms with van der Waals surface area (Å²) in [5.41, 5.74) is 1.08. The molecule has 0 bridgehead atoms. The van der Waals surface area contributed by atoms with Crippen molar-refractivity contribution in [2.45, 2.75) is 31.6 Å². The molecule has 0 aliphatic carbocycles. The van der Waals surface area contributed by atoms with Crippen LogP contribution in [-0.2, 0) is 14.8 Å². The molecule has 0 spiro atoms. The highest BCUT2D eigenvalue weighted by molar-refractivity contribution is 7.89. The lowest BCUT2D eigenvalue weighted by Crippen LogP contribution is -2.30. The van der Waals surface area contributed by atoms with Gasteiger partial charge < -0.3 is 5.11 Å². The summed E-state index contributed by atoms with van der Waals surface area (Å²) in [6.45, 7) is 6.17. The summed E-state index contributed by atoms with van der Waals surface area (Å²) < 4.78 is 26.4. The number of carboxylic acid groups (broad SMARTS) is 1. The van der Waals surface area contributed by atoms with Gasteiger partial charge in [0.15, 0.2) is 0 Å². The summed E-state index contributed by atoms with van der Waals surface area (Å²) in [6.07, 6.45) is 0. The maximum Gasteiger partial charge on any atom is 0.308 e. The molecule has 2 atom stereocenters. The summed E-state index contributed by atoms with van der Waals surface area (Å²) in [6, 6.07) is 6.82. The van der Waals surface area contributed by atoms with Crippen molar-refractivity contribution in [2.24, 2.45) is 11.8 Å². The van der Waals surface area contributed by atoms with Crippen LogP contribution >= 0.6 is 0 Å². The van der Waals surface area contributed by atoms with E-state index in [9.17, 15) is 13.2 Å². The molecule has 6 heteroatoms. The van der Waals surface area contributed by atoms with E-state index in [2.05, 4.69) is 0 Å². The van der Waals surface area contributed by atoms with Crippen molar-refractivity contribution in [3.05, 3.63) is 29.8 Å². The van der Waals surface area contributed by atoms with Gasteiger partial charge in [-0.1, -0.05) is 32.9 Å². The zero-order valence-corrected chi connectivity index (χ0v) is 13.3. The molecule has 1 heterocycles. The molecule has 116 valence electrons. The average Bonchev–Trinajstić information content (AvgIpc) is 2.82. The normalized spacial score (nSPS) is 23.6. The fourth-order valence-corrected chi connectivity index (χ4v) is 4.18. The first kappa shape index (κ1) is 16.0. The van der Waals surface area contributed by atoms with Gasteiger partial charge in [0.25, 0.3) is 0 Å². The maximum absolute atomic E-state index is 12.6. The molecule has 0 amide bonds. The third-order valence-electron chi connectivity index (χ3n) is 4.08. The summed E-state index contributed by atoms with van der Waals surface area (Å²) >= 11 is 0. The third-order valence-corrected chi connectivity index (χ3v) is 5.93. The third kappa shape index (κ3) is 3.11. The summed E-state index contributed by atoms with van der Waals surface area (Å²) in [5.74, 6) is -1.40. The topological polar surface area (TPSA) is 74.7 Å². The van der Waals surface area contributed by atoms with E-state index in [4.69, 9.17) is 5.11 Å². The first-order valence-corrected chi connectivity index (χ1v) is 8.50. The first-order valence-electron chi connectivity index (χ1n) is 7.06. The second-order valence-electron chi connectivity index (χ2n) is 5.97. The zero-order valence-electron chi connectivity index (χ0n) is 12.5. The van der Waals surface area contributed by atoms with Gasteiger partial charge in [-0.25, -0.2) is 8.42 Å². The molecule has 1 N–H and O–H groups in total. The molecule has 0 aromatic heterocycles. The molecule has 1 aromatic rings. The molecule has 0 saturated carbocycles.